The molecule has 2 saturated heterocycles. The second kappa shape index (κ2) is 7.25. The summed E-state index contributed by atoms with van der Waals surface area (Å²) in [5.41, 5.74) is 3.43. The Balaban J connectivity index is 1.39. The molecule has 2 aromatic rings. The number of carbonyl (C=O) groups excluding carboxylic acids is 1. The summed E-state index contributed by atoms with van der Waals surface area (Å²) in [6.07, 6.45) is 4.75. The van der Waals surface area contributed by atoms with Crippen LogP contribution in [0.4, 0.5) is 11.6 Å². The van der Waals surface area contributed by atoms with Crippen molar-refractivity contribution >= 4 is 17.5 Å². The van der Waals surface area contributed by atoms with Gasteiger partial charge in [-0.05, 0) is 37.1 Å². The molecule has 7 heteroatoms. The molecule has 0 unspecified atom stereocenters. The number of nitrogens with zero attached hydrogens (tertiary/aromatic N) is 3. The summed E-state index contributed by atoms with van der Waals surface area (Å²) < 4.78 is 11.5. The van der Waals surface area contributed by atoms with Crippen molar-refractivity contribution in [2.75, 3.05) is 36.5 Å². The first-order valence-electron chi connectivity index (χ1n) is 9.28. The van der Waals surface area contributed by atoms with E-state index in [-0.39, 0.29) is 5.91 Å². The molecule has 1 aromatic heterocycles. The summed E-state index contributed by atoms with van der Waals surface area (Å²) in [6.45, 7) is 6.89. The number of aromatic nitrogens is 2. The zero-order chi connectivity index (χ0) is 18.9. The summed E-state index contributed by atoms with van der Waals surface area (Å²) in [5.74, 6) is 0.00475. The van der Waals surface area contributed by atoms with E-state index < -0.39 is 5.79 Å². The number of piperidine rings is 1. The van der Waals surface area contributed by atoms with E-state index >= 15 is 0 Å². The molecule has 1 spiro atoms. The van der Waals surface area contributed by atoms with Crippen LogP contribution in [0, 0.1) is 13.8 Å². The number of ether oxygens (including phenoxy) is 2. The Morgan fingerprint density at radius 1 is 1.04 bits per heavy atom. The Bertz CT molecular complexity index is 801. The normalized spacial score (nSPS) is 18.7. The van der Waals surface area contributed by atoms with E-state index in [4.69, 9.17) is 9.47 Å². The van der Waals surface area contributed by atoms with Crippen LogP contribution in [0.3, 0.4) is 0 Å². The van der Waals surface area contributed by atoms with Gasteiger partial charge in [0, 0.05) is 44.0 Å². The van der Waals surface area contributed by atoms with E-state index in [9.17, 15) is 4.79 Å². The lowest BCUT2D eigenvalue weighted by atomic mass is 10.0. The first-order chi connectivity index (χ1) is 13.0. The molecule has 1 amide bonds. The Kier molecular flexibility index (Phi) is 4.80. The van der Waals surface area contributed by atoms with Crippen LogP contribution in [0.2, 0.25) is 0 Å². The van der Waals surface area contributed by atoms with Crippen LogP contribution < -0.4 is 10.2 Å². The second-order valence-corrected chi connectivity index (χ2v) is 7.20. The number of hydrogen-bond acceptors (Lipinski definition) is 6. The molecule has 142 valence electrons. The largest absolute Gasteiger partial charge is 0.347 e. The molecule has 2 aliphatic rings. The number of aryl methyl sites for hydroxylation is 2. The molecule has 3 heterocycles. The minimum absolute atomic E-state index is 0.211. The lowest BCUT2D eigenvalue weighted by Gasteiger charge is -2.37. The van der Waals surface area contributed by atoms with Crippen molar-refractivity contribution in [3.05, 3.63) is 47.3 Å². The predicted octanol–water partition coefficient (Wildman–Crippen LogP) is 2.69. The van der Waals surface area contributed by atoms with Crippen LogP contribution in [0.5, 0.6) is 0 Å². The van der Waals surface area contributed by atoms with Crippen molar-refractivity contribution in [1.82, 2.24) is 9.97 Å². The molecule has 0 aliphatic carbocycles. The molecule has 1 N–H and O–H groups in total. The van der Waals surface area contributed by atoms with E-state index in [1.165, 1.54) is 0 Å². The van der Waals surface area contributed by atoms with E-state index in [2.05, 4.69) is 26.3 Å². The minimum Gasteiger partial charge on any atom is -0.347 e. The van der Waals surface area contributed by atoms with Crippen LogP contribution in [0.1, 0.15) is 34.3 Å². The average molecular weight is 368 g/mol. The minimum atomic E-state index is -0.414. The highest BCUT2D eigenvalue weighted by Crippen LogP contribution is 2.32. The third kappa shape index (κ3) is 3.94. The molecular weight excluding hydrogens is 344 g/mol. The first-order valence-corrected chi connectivity index (χ1v) is 9.28. The highest BCUT2D eigenvalue weighted by atomic mass is 16.7. The maximum absolute atomic E-state index is 12.5. The van der Waals surface area contributed by atoms with E-state index in [1.807, 2.05) is 26.0 Å². The van der Waals surface area contributed by atoms with Gasteiger partial charge in [-0.3, -0.25) is 4.79 Å². The van der Waals surface area contributed by atoms with Crippen LogP contribution >= 0.6 is 0 Å². The molecule has 27 heavy (non-hydrogen) atoms. The third-order valence-corrected chi connectivity index (χ3v) is 5.00. The van der Waals surface area contributed by atoms with Crippen LogP contribution in [-0.2, 0) is 9.47 Å². The first kappa shape index (κ1) is 17.9. The molecule has 2 aliphatic heterocycles. The van der Waals surface area contributed by atoms with Gasteiger partial charge in [0.05, 0.1) is 18.8 Å². The van der Waals surface area contributed by atoms with E-state index in [0.717, 1.165) is 42.7 Å². The number of rotatable bonds is 3. The van der Waals surface area contributed by atoms with Crippen molar-refractivity contribution in [3.63, 3.8) is 0 Å². The van der Waals surface area contributed by atoms with Gasteiger partial charge in [-0.25, -0.2) is 9.97 Å². The topological polar surface area (TPSA) is 76.6 Å². The number of benzene rings is 1. The summed E-state index contributed by atoms with van der Waals surface area (Å²) in [7, 11) is 0. The predicted molar refractivity (Wildman–Crippen MR) is 102 cm³/mol. The van der Waals surface area contributed by atoms with Gasteiger partial charge in [-0.15, -0.1) is 0 Å². The number of amides is 1. The highest BCUT2D eigenvalue weighted by molar-refractivity contribution is 6.04. The fraction of sp³-hybridized carbons (Fsp3) is 0.450. The maximum atomic E-state index is 12.5. The van der Waals surface area contributed by atoms with Crippen molar-refractivity contribution in [3.8, 4) is 0 Å². The fourth-order valence-electron chi connectivity index (χ4n) is 3.68. The molecule has 0 radical (unpaired) electrons. The summed E-state index contributed by atoms with van der Waals surface area (Å²) in [5, 5.41) is 2.91. The summed E-state index contributed by atoms with van der Waals surface area (Å²) in [4.78, 5) is 23.3. The molecule has 1 aromatic carbocycles. The van der Waals surface area contributed by atoms with Gasteiger partial charge in [-0.2, -0.15) is 0 Å². The van der Waals surface area contributed by atoms with Crippen molar-refractivity contribution < 1.29 is 14.3 Å². The van der Waals surface area contributed by atoms with Crippen molar-refractivity contribution in [1.29, 1.82) is 0 Å². The fourth-order valence-corrected chi connectivity index (χ4v) is 3.68. The quantitative estimate of drug-likeness (QED) is 0.898. The smallest absolute Gasteiger partial charge is 0.258 e. The maximum Gasteiger partial charge on any atom is 0.258 e. The average Bonchev–Trinajstić information content (AvgIpc) is 3.10. The van der Waals surface area contributed by atoms with E-state index in [0.29, 0.717) is 24.7 Å². The van der Waals surface area contributed by atoms with Crippen molar-refractivity contribution in [2.45, 2.75) is 32.5 Å². The molecule has 4 rings (SSSR count). The zero-order valence-electron chi connectivity index (χ0n) is 15.7. The number of nitrogens with one attached hydrogen (secondary N) is 1. The summed E-state index contributed by atoms with van der Waals surface area (Å²) >= 11 is 0. The molecule has 0 bridgehead atoms. The summed E-state index contributed by atoms with van der Waals surface area (Å²) in [6, 6.07) is 5.95. The highest BCUT2D eigenvalue weighted by Gasteiger charge is 2.40. The molecule has 7 nitrogen and oxygen atoms in total. The Hall–Kier alpha value is -2.51. The lowest BCUT2D eigenvalue weighted by Crippen LogP contribution is -2.45. The Morgan fingerprint density at radius 2 is 1.63 bits per heavy atom. The van der Waals surface area contributed by atoms with Gasteiger partial charge >= 0.3 is 0 Å². The van der Waals surface area contributed by atoms with Crippen LogP contribution in [0.15, 0.2) is 30.6 Å². The van der Waals surface area contributed by atoms with Crippen LogP contribution in [-0.4, -0.2) is 48.0 Å². The van der Waals surface area contributed by atoms with Gasteiger partial charge in [-0.1, -0.05) is 6.07 Å². The monoisotopic (exact) mass is 368 g/mol. The number of carbonyl (C=O) groups is 1. The number of anilines is 2. The van der Waals surface area contributed by atoms with Crippen molar-refractivity contribution in [2.24, 2.45) is 0 Å². The van der Waals surface area contributed by atoms with Gasteiger partial charge < -0.3 is 19.7 Å². The van der Waals surface area contributed by atoms with Gasteiger partial charge in [0.1, 0.15) is 0 Å². The molecule has 2 fully saturated rings. The standard InChI is InChI=1S/C20H24N4O3/c1-14-9-15(2)11-17(10-14)23-18(25)16-12-21-19(22-13-16)24-5-3-20(4-6-24)26-7-8-27-20/h9-13H,3-8H2,1-2H3,(H,23,25). The van der Waals surface area contributed by atoms with Gasteiger partial charge in [0.25, 0.3) is 5.91 Å². The second-order valence-electron chi connectivity index (χ2n) is 7.20. The molecule has 0 saturated carbocycles. The van der Waals surface area contributed by atoms with Crippen LogP contribution in [0.25, 0.3) is 0 Å². The third-order valence-electron chi connectivity index (χ3n) is 5.00. The SMILES string of the molecule is Cc1cc(C)cc(NC(=O)c2cnc(N3CCC4(CC3)OCCO4)nc2)c1. The lowest BCUT2D eigenvalue weighted by molar-refractivity contribution is -0.169. The molecular formula is C20H24N4O3. The Morgan fingerprint density at radius 3 is 2.22 bits per heavy atom. The molecule has 0 atom stereocenters. The van der Waals surface area contributed by atoms with E-state index in [1.54, 1.807) is 12.4 Å². The zero-order valence-corrected chi connectivity index (χ0v) is 15.7. The number of hydrogen-bond donors (Lipinski definition) is 1. The van der Waals surface area contributed by atoms with Gasteiger partial charge in [0.2, 0.25) is 5.95 Å². The van der Waals surface area contributed by atoms with Gasteiger partial charge in [0.15, 0.2) is 5.79 Å². The Labute approximate surface area is 158 Å².